The van der Waals surface area contributed by atoms with Crippen molar-refractivity contribution < 1.29 is 4.79 Å². The number of rotatable bonds is 0. The van der Waals surface area contributed by atoms with Crippen molar-refractivity contribution in [1.82, 2.24) is 9.97 Å². The van der Waals surface area contributed by atoms with Crippen molar-refractivity contribution in [2.45, 2.75) is 0 Å². The van der Waals surface area contributed by atoms with Gasteiger partial charge >= 0.3 is 0 Å². The monoisotopic (exact) mass is 162 g/mol. The molecule has 1 aromatic rings. The highest BCUT2D eigenvalue weighted by Crippen LogP contribution is 1.90. The molecule has 0 saturated carbocycles. The predicted molar refractivity (Wildman–Crippen MR) is 41.0 cm³/mol. The Hall–Kier alpha value is -1.91. The number of nitrogens with zero attached hydrogens (tertiary/aromatic N) is 4. The third-order valence-electron chi connectivity index (χ3n) is 0.918. The van der Waals surface area contributed by atoms with Gasteiger partial charge in [-0.1, -0.05) is 0 Å². The van der Waals surface area contributed by atoms with E-state index >= 15 is 0 Å². The highest BCUT2D eigenvalue weighted by atomic mass is 16.1. The zero-order chi connectivity index (χ0) is 8.65. The molecule has 0 unspecified atom stereocenters. The van der Waals surface area contributed by atoms with E-state index in [1.807, 2.05) is 0 Å². The summed E-state index contributed by atoms with van der Waals surface area (Å²) in [5.41, 5.74) is 0. The molecule has 2 heterocycles. The van der Waals surface area contributed by atoms with Crippen molar-refractivity contribution in [2.75, 3.05) is 0 Å². The molecule has 0 fully saturated rings. The van der Waals surface area contributed by atoms with Gasteiger partial charge in [0, 0.05) is 30.9 Å². The molecule has 0 bridgehead atoms. The molecule has 0 saturated heterocycles. The van der Waals surface area contributed by atoms with E-state index in [0.717, 1.165) is 0 Å². The van der Waals surface area contributed by atoms with Crippen LogP contribution in [-0.2, 0) is 4.79 Å². The summed E-state index contributed by atoms with van der Waals surface area (Å²) in [6, 6.07) is 0. The van der Waals surface area contributed by atoms with Gasteiger partial charge in [0.2, 0.25) is 0 Å². The highest BCUT2D eigenvalue weighted by Gasteiger charge is 1.92. The average Bonchev–Trinajstić information content (AvgIpc) is 2.60. The van der Waals surface area contributed by atoms with Gasteiger partial charge in [0.1, 0.15) is 0 Å². The van der Waals surface area contributed by atoms with Crippen molar-refractivity contribution >= 4 is 5.91 Å². The normalized spacial score (nSPS) is 12.5. The van der Waals surface area contributed by atoms with Crippen LogP contribution in [0.5, 0.6) is 0 Å². The van der Waals surface area contributed by atoms with Crippen molar-refractivity contribution in [1.29, 1.82) is 0 Å². The third kappa shape index (κ3) is 3.31. The van der Waals surface area contributed by atoms with Gasteiger partial charge in [-0.3, -0.25) is 14.8 Å². The fraction of sp³-hybridized carbons (Fsp3) is 0. The van der Waals surface area contributed by atoms with Gasteiger partial charge in [-0.2, -0.15) is 5.11 Å². The molecule has 1 aliphatic rings. The molecule has 2 rings (SSSR count). The van der Waals surface area contributed by atoms with E-state index in [2.05, 4.69) is 20.2 Å². The van der Waals surface area contributed by atoms with Crippen LogP contribution in [0.25, 0.3) is 0 Å². The van der Waals surface area contributed by atoms with Crippen LogP contribution in [0.1, 0.15) is 0 Å². The summed E-state index contributed by atoms with van der Waals surface area (Å²) in [5.74, 6) is -0.269. The number of carbonyl (C=O) groups excluding carboxylic acids is 1. The van der Waals surface area contributed by atoms with E-state index in [4.69, 9.17) is 0 Å². The summed E-state index contributed by atoms with van der Waals surface area (Å²) in [5, 5.41) is 6.37. The van der Waals surface area contributed by atoms with Crippen LogP contribution in [0.2, 0.25) is 0 Å². The smallest absolute Gasteiger partial charge is 0.266 e. The number of hydrogen-bond acceptors (Lipinski definition) is 4. The summed E-state index contributed by atoms with van der Waals surface area (Å²) in [4.78, 5) is 17.3. The van der Waals surface area contributed by atoms with Gasteiger partial charge in [-0.15, -0.1) is 5.11 Å². The quantitative estimate of drug-likeness (QED) is 0.570. The van der Waals surface area contributed by atoms with Crippen molar-refractivity contribution in [3.63, 3.8) is 0 Å². The van der Waals surface area contributed by atoms with E-state index in [0.29, 0.717) is 0 Å². The molecule has 60 valence electrons. The topological polar surface area (TPSA) is 67.6 Å². The lowest BCUT2D eigenvalue weighted by Gasteiger charge is -1.70. The Morgan fingerprint density at radius 2 is 1.58 bits per heavy atom. The first-order valence-corrected chi connectivity index (χ1v) is 3.21. The van der Waals surface area contributed by atoms with E-state index < -0.39 is 0 Å². The zero-order valence-electron chi connectivity index (χ0n) is 6.16. The van der Waals surface area contributed by atoms with Crippen LogP contribution in [0, 0.1) is 0 Å². The van der Waals surface area contributed by atoms with Crippen LogP contribution in [0.3, 0.4) is 0 Å². The van der Waals surface area contributed by atoms with Crippen LogP contribution < -0.4 is 0 Å². The summed E-state index contributed by atoms with van der Waals surface area (Å²) < 4.78 is 0. The Morgan fingerprint density at radius 1 is 1.00 bits per heavy atom. The maximum Gasteiger partial charge on any atom is 0.289 e. The fourth-order valence-electron chi connectivity index (χ4n) is 0.474. The number of amides is 1. The van der Waals surface area contributed by atoms with E-state index in [1.165, 1.54) is 12.3 Å². The first kappa shape index (κ1) is 8.19. The average molecular weight is 162 g/mol. The van der Waals surface area contributed by atoms with Crippen LogP contribution >= 0.6 is 0 Å². The Kier molecular flexibility index (Phi) is 3.30. The summed E-state index contributed by atoms with van der Waals surface area (Å²) in [7, 11) is 0. The minimum atomic E-state index is -0.269. The van der Waals surface area contributed by atoms with Crippen molar-refractivity contribution in [3.8, 4) is 0 Å². The molecule has 0 N–H and O–H groups in total. The van der Waals surface area contributed by atoms with Gasteiger partial charge in [0.05, 0.1) is 6.20 Å². The molecular weight excluding hydrogens is 156 g/mol. The molecule has 0 radical (unpaired) electrons. The van der Waals surface area contributed by atoms with Crippen LogP contribution in [0.15, 0.2) is 47.3 Å². The second-order valence-corrected chi connectivity index (χ2v) is 1.76. The first-order chi connectivity index (χ1) is 5.89. The molecule has 0 atom stereocenters. The molecular formula is C7H6N4O. The molecule has 12 heavy (non-hydrogen) atoms. The van der Waals surface area contributed by atoms with E-state index in [9.17, 15) is 4.79 Å². The lowest BCUT2D eigenvalue weighted by Crippen LogP contribution is -1.74. The van der Waals surface area contributed by atoms with Crippen molar-refractivity contribution in [3.05, 3.63) is 37.1 Å². The Morgan fingerprint density at radius 3 is 1.75 bits per heavy atom. The Bertz CT molecular complexity index is 253. The number of hydrogen-bond donors (Lipinski definition) is 0. The zero-order valence-corrected chi connectivity index (χ0v) is 6.16. The van der Waals surface area contributed by atoms with Gasteiger partial charge in [-0.25, -0.2) is 0 Å². The minimum Gasteiger partial charge on any atom is -0.266 e. The SMILES string of the molecule is O=C1C=CN=N1.c1cnccn1. The van der Waals surface area contributed by atoms with Crippen molar-refractivity contribution in [2.24, 2.45) is 10.2 Å². The fourth-order valence-corrected chi connectivity index (χ4v) is 0.474. The summed E-state index contributed by atoms with van der Waals surface area (Å²) in [6.45, 7) is 0. The number of aromatic nitrogens is 2. The number of azo groups is 1. The molecule has 0 aromatic carbocycles. The molecule has 5 heteroatoms. The molecule has 5 nitrogen and oxygen atoms in total. The maximum atomic E-state index is 9.90. The van der Waals surface area contributed by atoms with Gasteiger partial charge < -0.3 is 0 Å². The molecule has 1 aromatic heterocycles. The van der Waals surface area contributed by atoms with Gasteiger partial charge in [-0.05, 0) is 0 Å². The standard InChI is InChI=1S/C4H4N2.C3H2N2O/c1-2-6-4-3-5-1;6-3-1-2-4-5-3/h1-4H;1-2H. The Balaban J connectivity index is 0.000000120. The lowest BCUT2D eigenvalue weighted by molar-refractivity contribution is -0.113. The largest absolute Gasteiger partial charge is 0.289 e. The molecule has 0 aliphatic carbocycles. The maximum absolute atomic E-state index is 9.90. The Labute approximate surface area is 68.9 Å². The summed E-state index contributed by atoms with van der Waals surface area (Å²) in [6.07, 6.45) is 9.22. The van der Waals surface area contributed by atoms with Gasteiger partial charge in [0.15, 0.2) is 0 Å². The number of carbonyl (C=O) groups is 1. The second-order valence-electron chi connectivity index (χ2n) is 1.76. The van der Waals surface area contributed by atoms with Crippen LogP contribution in [0.4, 0.5) is 0 Å². The minimum absolute atomic E-state index is 0.269. The summed E-state index contributed by atoms with van der Waals surface area (Å²) >= 11 is 0. The third-order valence-corrected chi connectivity index (χ3v) is 0.918. The first-order valence-electron chi connectivity index (χ1n) is 3.21. The van der Waals surface area contributed by atoms with Gasteiger partial charge in [0.25, 0.3) is 5.91 Å². The molecule has 1 aliphatic heterocycles. The lowest BCUT2D eigenvalue weighted by atomic mass is 10.6. The van der Waals surface area contributed by atoms with Crippen LogP contribution in [-0.4, -0.2) is 15.9 Å². The predicted octanol–water partition coefficient (Wildman–Crippen LogP) is 0.969. The second kappa shape index (κ2) is 4.84. The molecule has 1 amide bonds. The van der Waals surface area contributed by atoms with E-state index in [-0.39, 0.29) is 5.91 Å². The van der Waals surface area contributed by atoms with E-state index in [1.54, 1.807) is 24.8 Å². The molecule has 0 spiro atoms. The highest BCUT2D eigenvalue weighted by molar-refractivity contribution is 5.89.